The van der Waals surface area contributed by atoms with Gasteiger partial charge in [-0.1, -0.05) is 6.08 Å². The van der Waals surface area contributed by atoms with Gasteiger partial charge in [-0.3, -0.25) is 0 Å². The summed E-state index contributed by atoms with van der Waals surface area (Å²) in [6.45, 7) is 6.61. The first-order valence-corrected chi connectivity index (χ1v) is 5.89. The Morgan fingerprint density at radius 2 is 2.00 bits per heavy atom. The van der Waals surface area contributed by atoms with Crippen LogP contribution in [-0.2, 0) is 0 Å². The van der Waals surface area contributed by atoms with E-state index in [1.807, 2.05) is 6.08 Å². The normalized spacial score (nSPS) is 25.5. The maximum Gasteiger partial charge on any atom is 0.116 e. The summed E-state index contributed by atoms with van der Waals surface area (Å²) in [4.78, 5) is 0. The van der Waals surface area contributed by atoms with Crippen molar-refractivity contribution < 1.29 is 15.3 Å². The maximum atomic E-state index is 9.56. The summed E-state index contributed by atoms with van der Waals surface area (Å²) in [5, 5.41) is 31.6. The first-order chi connectivity index (χ1) is 7.82. The Morgan fingerprint density at radius 3 is 2.47 bits per heavy atom. The molecular weight excluding hydrogens is 218 g/mol. The summed E-state index contributed by atoms with van der Waals surface area (Å²) < 4.78 is 0. The predicted molar refractivity (Wildman–Crippen MR) is 67.8 cm³/mol. The van der Waals surface area contributed by atoms with E-state index in [4.69, 9.17) is 5.11 Å². The molecule has 17 heavy (non-hydrogen) atoms. The van der Waals surface area contributed by atoms with Crippen LogP contribution >= 0.6 is 0 Å². The van der Waals surface area contributed by atoms with Crippen molar-refractivity contribution in [1.29, 1.82) is 0 Å². The van der Waals surface area contributed by atoms with Crippen molar-refractivity contribution in [2.24, 2.45) is 5.41 Å². The molecule has 0 aromatic rings. The second kappa shape index (κ2) is 5.21. The van der Waals surface area contributed by atoms with Gasteiger partial charge in [0.2, 0.25) is 0 Å². The molecule has 0 bridgehead atoms. The molecular formula is C13H23NO3. The van der Waals surface area contributed by atoms with E-state index in [9.17, 15) is 10.2 Å². The number of aliphatic hydroxyl groups is 3. The number of allylic oxidation sites excluding steroid dienone is 1. The van der Waals surface area contributed by atoms with Crippen molar-refractivity contribution in [3.8, 4) is 0 Å². The largest absolute Gasteiger partial charge is 0.508 e. The number of hydrogen-bond acceptors (Lipinski definition) is 4. The van der Waals surface area contributed by atoms with Crippen LogP contribution in [0, 0.1) is 5.41 Å². The molecule has 1 rings (SSSR count). The van der Waals surface area contributed by atoms with Crippen molar-refractivity contribution in [3.05, 3.63) is 23.5 Å². The third kappa shape index (κ3) is 3.84. The molecule has 0 heterocycles. The van der Waals surface area contributed by atoms with E-state index in [1.165, 1.54) is 0 Å². The fraction of sp³-hybridized carbons (Fsp3) is 0.692. The highest BCUT2D eigenvalue weighted by Gasteiger charge is 2.32. The van der Waals surface area contributed by atoms with Crippen LogP contribution in [0.1, 0.15) is 27.2 Å². The summed E-state index contributed by atoms with van der Waals surface area (Å²) in [5.74, 6) is 0.118. The number of hydrogen-bond donors (Lipinski definition) is 4. The molecule has 4 heteroatoms. The van der Waals surface area contributed by atoms with Gasteiger partial charge in [-0.05, 0) is 38.8 Å². The maximum absolute atomic E-state index is 9.56. The molecule has 0 saturated carbocycles. The molecule has 4 nitrogen and oxygen atoms in total. The Hall–Kier alpha value is -0.840. The van der Waals surface area contributed by atoms with Crippen LogP contribution in [0.4, 0.5) is 0 Å². The lowest BCUT2D eigenvalue weighted by Crippen LogP contribution is -2.45. The molecule has 0 fully saturated rings. The smallest absolute Gasteiger partial charge is 0.116 e. The van der Waals surface area contributed by atoms with Gasteiger partial charge in [0.1, 0.15) is 5.76 Å². The number of rotatable bonds is 4. The first kappa shape index (κ1) is 14.2. The Morgan fingerprint density at radius 1 is 1.35 bits per heavy atom. The van der Waals surface area contributed by atoms with Crippen LogP contribution < -0.4 is 5.32 Å². The van der Waals surface area contributed by atoms with Gasteiger partial charge in [-0.15, -0.1) is 0 Å². The highest BCUT2D eigenvalue weighted by atomic mass is 16.3. The topological polar surface area (TPSA) is 72.7 Å². The van der Waals surface area contributed by atoms with Crippen LogP contribution in [0.2, 0.25) is 0 Å². The minimum atomic E-state index is -0.433. The average Bonchev–Trinajstić information content (AvgIpc) is 2.27. The SMILES string of the molecule is CC(C)(C)NCC1(CO)C=CC(O)=C(CO)C1. The zero-order chi connectivity index (χ0) is 13.1. The lowest BCUT2D eigenvalue weighted by molar-refractivity contribution is 0.146. The summed E-state index contributed by atoms with van der Waals surface area (Å²) in [6.07, 6.45) is 3.86. The van der Waals surface area contributed by atoms with Crippen molar-refractivity contribution >= 4 is 0 Å². The molecule has 0 aromatic carbocycles. The summed E-state index contributed by atoms with van der Waals surface area (Å²) in [7, 11) is 0. The van der Waals surface area contributed by atoms with Gasteiger partial charge in [0, 0.05) is 17.5 Å². The minimum Gasteiger partial charge on any atom is -0.508 e. The van der Waals surface area contributed by atoms with Gasteiger partial charge < -0.3 is 20.6 Å². The van der Waals surface area contributed by atoms with Crippen molar-refractivity contribution in [3.63, 3.8) is 0 Å². The van der Waals surface area contributed by atoms with Gasteiger partial charge >= 0.3 is 0 Å². The Bertz CT molecular complexity index is 328. The van der Waals surface area contributed by atoms with Crippen molar-refractivity contribution in [1.82, 2.24) is 5.32 Å². The fourth-order valence-corrected chi connectivity index (χ4v) is 1.81. The highest BCUT2D eigenvalue weighted by Crippen LogP contribution is 2.33. The number of aliphatic hydroxyl groups excluding tert-OH is 3. The van der Waals surface area contributed by atoms with Crippen molar-refractivity contribution in [2.75, 3.05) is 19.8 Å². The monoisotopic (exact) mass is 241 g/mol. The van der Waals surface area contributed by atoms with Crippen LogP contribution in [-0.4, -0.2) is 40.6 Å². The Labute approximate surface area is 103 Å². The lowest BCUT2D eigenvalue weighted by Gasteiger charge is -2.35. The third-order valence-corrected chi connectivity index (χ3v) is 3.00. The molecule has 0 spiro atoms. The molecule has 4 N–H and O–H groups in total. The zero-order valence-corrected chi connectivity index (χ0v) is 10.8. The average molecular weight is 241 g/mol. The summed E-state index contributed by atoms with van der Waals surface area (Å²) in [6, 6.07) is 0. The lowest BCUT2D eigenvalue weighted by atomic mass is 9.78. The van der Waals surface area contributed by atoms with Gasteiger partial charge in [0.15, 0.2) is 0 Å². The van der Waals surface area contributed by atoms with E-state index in [1.54, 1.807) is 6.08 Å². The summed E-state index contributed by atoms with van der Waals surface area (Å²) in [5.41, 5.74) is 0.119. The summed E-state index contributed by atoms with van der Waals surface area (Å²) >= 11 is 0. The number of nitrogens with one attached hydrogen (secondary N) is 1. The quantitative estimate of drug-likeness (QED) is 0.595. The zero-order valence-electron chi connectivity index (χ0n) is 10.8. The van der Waals surface area contributed by atoms with Crippen LogP contribution in [0.25, 0.3) is 0 Å². The van der Waals surface area contributed by atoms with E-state index in [0.29, 0.717) is 18.5 Å². The molecule has 1 aliphatic rings. The van der Waals surface area contributed by atoms with Crippen molar-refractivity contribution in [2.45, 2.75) is 32.7 Å². The van der Waals surface area contributed by atoms with Crippen LogP contribution in [0.5, 0.6) is 0 Å². The third-order valence-electron chi connectivity index (χ3n) is 3.00. The van der Waals surface area contributed by atoms with E-state index in [-0.39, 0.29) is 24.5 Å². The molecule has 0 radical (unpaired) electrons. The van der Waals surface area contributed by atoms with E-state index < -0.39 is 5.41 Å². The predicted octanol–water partition coefficient (Wildman–Crippen LogP) is 1.12. The molecule has 1 unspecified atom stereocenters. The standard InChI is InChI=1S/C13H23NO3/c1-12(2,3)14-8-13(9-16)5-4-11(17)10(6-13)7-15/h4-5,14-17H,6-9H2,1-3H3. The fourth-order valence-electron chi connectivity index (χ4n) is 1.81. The molecule has 0 saturated heterocycles. The van der Waals surface area contributed by atoms with Crippen LogP contribution in [0.3, 0.4) is 0 Å². The van der Waals surface area contributed by atoms with Gasteiger partial charge in [-0.2, -0.15) is 0 Å². The van der Waals surface area contributed by atoms with E-state index >= 15 is 0 Å². The minimum absolute atomic E-state index is 0.0106. The van der Waals surface area contributed by atoms with Crippen LogP contribution in [0.15, 0.2) is 23.5 Å². The Kier molecular flexibility index (Phi) is 4.36. The second-order valence-corrected chi connectivity index (χ2v) is 5.78. The van der Waals surface area contributed by atoms with Gasteiger partial charge in [0.25, 0.3) is 0 Å². The molecule has 1 atom stereocenters. The molecule has 1 aliphatic carbocycles. The highest BCUT2D eigenvalue weighted by molar-refractivity contribution is 5.29. The van der Waals surface area contributed by atoms with Gasteiger partial charge in [0.05, 0.1) is 13.2 Å². The molecule has 98 valence electrons. The second-order valence-electron chi connectivity index (χ2n) is 5.78. The first-order valence-electron chi connectivity index (χ1n) is 5.89. The molecule has 0 amide bonds. The van der Waals surface area contributed by atoms with Gasteiger partial charge in [-0.25, -0.2) is 0 Å². The molecule has 0 aliphatic heterocycles. The van der Waals surface area contributed by atoms with E-state index in [2.05, 4.69) is 26.1 Å². The van der Waals surface area contributed by atoms with E-state index in [0.717, 1.165) is 0 Å². The Balaban J connectivity index is 2.76. The molecule has 0 aromatic heterocycles.